The van der Waals surface area contributed by atoms with Gasteiger partial charge in [0, 0.05) is 32.5 Å². The second kappa shape index (κ2) is 6.83. The number of likely N-dealkylation sites (tertiary alicyclic amines) is 1. The Hall–Kier alpha value is -1.43. The summed E-state index contributed by atoms with van der Waals surface area (Å²) in [4.78, 5) is 25.9. The van der Waals surface area contributed by atoms with Gasteiger partial charge >= 0.3 is 0 Å². The van der Waals surface area contributed by atoms with Crippen LogP contribution in [0.25, 0.3) is 0 Å². The maximum absolute atomic E-state index is 12.1. The Morgan fingerprint density at radius 3 is 2.65 bits per heavy atom. The molecule has 6 nitrogen and oxygen atoms in total. The molecular formula is C14H24N4O2. The first-order chi connectivity index (χ1) is 9.61. The van der Waals surface area contributed by atoms with Crippen LogP contribution in [0.1, 0.15) is 39.0 Å². The van der Waals surface area contributed by atoms with Gasteiger partial charge in [0.15, 0.2) is 0 Å². The van der Waals surface area contributed by atoms with Gasteiger partial charge in [-0.1, -0.05) is 6.92 Å². The molecule has 112 valence electrons. The predicted octanol–water partition coefficient (Wildman–Crippen LogP) is 0.585. The van der Waals surface area contributed by atoms with Crippen LogP contribution in [0.2, 0.25) is 0 Å². The normalized spacial score (nSPS) is 21.8. The highest BCUT2D eigenvalue weighted by molar-refractivity contribution is 6.39. The van der Waals surface area contributed by atoms with E-state index in [4.69, 9.17) is 0 Å². The number of carbonyl (C=O) groups excluding carboxylic acids is 2. The number of carbonyl (C=O) groups is 2. The van der Waals surface area contributed by atoms with Crippen LogP contribution in [0.3, 0.4) is 0 Å². The Morgan fingerprint density at radius 1 is 1.35 bits per heavy atom. The van der Waals surface area contributed by atoms with E-state index in [2.05, 4.69) is 22.2 Å². The van der Waals surface area contributed by atoms with Crippen molar-refractivity contribution in [1.82, 2.24) is 15.2 Å². The van der Waals surface area contributed by atoms with E-state index in [1.165, 1.54) is 17.9 Å². The van der Waals surface area contributed by atoms with Crippen LogP contribution >= 0.6 is 0 Å². The van der Waals surface area contributed by atoms with Crippen molar-refractivity contribution in [2.24, 2.45) is 5.10 Å². The third-order valence-corrected chi connectivity index (χ3v) is 4.10. The average molecular weight is 280 g/mol. The first-order valence-electron chi connectivity index (χ1n) is 7.48. The maximum Gasteiger partial charge on any atom is 0.267 e. The highest BCUT2D eigenvalue weighted by atomic mass is 16.2. The van der Waals surface area contributed by atoms with E-state index < -0.39 is 0 Å². The SMILES string of the molecule is CC[C@@H](CNC(=O)C1=NN(C)C(=O)CC1)N1CCCC1. The first kappa shape index (κ1) is 15.0. The molecule has 0 aromatic carbocycles. The Labute approximate surface area is 120 Å². The van der Waals surface area contributed by atoms with E-state index in [9.17, 15) is 9.59 Å². The van der Waals surface area contributed by atoms with Gasteiger partial charge in [0.05, 0.1) is 0 Å². The summed E-state index contributed by atoms with van der Waals surface area (Å²) in [6.07, 6.45) is 4.35. The number of rotatable bonds is 5. The molecule has 0 saturated carbocycles. The Bertz CT molecular complexity index is 402. The van der Waals surface area contributed by atoms with Crippen molar-refractivity contribution in [1.29, 1.82) is 0 Å². The van der Waals surface area contributed by atoms with E-state index in [0.717, 1.165) is 19.5 Å². The molecule has 0 aromatic heterocycles. The topological polar surface area (TPSA) is 65.0 Å². The summed E-state index contributed by atoms with van der Waals surface area (Å²) in [5, 5.41) is 8.27. The Balaban J connectivity index is 1.85. The molecule has 1 atom stereocenters. The summed E-state index contributed by atoms with van der Waals surface area (Å²) in [5.74, 6) is -0.174. The molecule has 0 radical (unpaired) electrons. The largest absolute Gasteiger partial charge is 0.349 e. The number of nitrogens with one attached hydrogen (secondary N) is 1. The fourth-order valence-electron chi connectivity index (χ4n) is 2.78. The molecule has 1 N–H and O–H groups in total. The zero-order chi connectivity index (χ0) is 14.5. The molecule has 0 bridgehead atoms. The molecular weight excluding hydrogens is 256 g/mol. The number of hydrogen-bond donors (Lipinski definition) is 1. The second-order valence-electron chi connectivity index (χ2n) is 5.48. The molecule has 2 amide bonds. The molecule has 2 aliphatic heterocycles. The van der Waals surface area contributed by atoms with E-state index in [1.807, 2.05) is 0 Å². The van der Waals surface area contributed by atoms with Crippen LogP contribution < -0.4 is 5.32 Å². The second-order valence-corrected chi connectivity index (χ2v) is 5.48. The summed E-state index contributed by atoms with van der Waals surface area (Å²) in [6.45, 7) is 5.07. The lowest BCUT2D eigenvalue weighted by molar-refractivity contribution is -0.130. The Kier molecular flexibility index (Phi) is 5.11. The summed E-state index contributed by atoms with van der Waals surface area (Å²) in [6, 6.07) is 0.407. The highest BCUT2D eigenvalue weighted by Gasteiger charge is 2.24. The highest BCUT2D eigenvalue weighted by Crippen LogP contribution is 2.13. The zero-order valence-corrected chi connectivity index (χ0v) is 12.4. The average Bonchev–Trinajstić information content (AvgIpc) is 2.96. The van der Waals surface area contributed by atoms with Crippen molar-refractivity contribution in [3.05, 3.63) is 0 Å². The lowest BCUT2D eigenvalue weighted by Gasteiger charge is -2.27. The smallest absolute Gasteiger partial charge is 0.267 e. The van der Waals surface area contributed by atoms with Crippen molar-refractivity contribution < 1.29 is 9.59 Å². The molecule has 2 aliphatic rings. The molecule has 6 heteroatoms. The van der Waals surface area contributed by atoms with Crippen LogP contribution in [0.5, 0.6) is 0 Å². The van der Waals surface area contributed by atoms with Crippen molar-refractivity contribution in [3.8, 4) is 0 Å². The third-order valence-electron chi connectivity index (χ3n) is 4.10. The summed E-state index contributed by atoms with van der Waals surface area (Å²) < 4.78 is 0. The fourth-order valence-corrected chi connectivity index (χ4v) is 2.78. The Morgan fingerprint density at radius 2 is 2.05 bits per heavy atom. The van der Waals surface area contributed by atoms with E-state index >= 15 is 0 Å². The van der Waals surface area contributed by atoms with Gasteiger partial charge in [0.1, 0.15) is 5.71 Å². The van der Waals surface area contributed by atoms with Gasteiger partial charge in [-0.05, 0) is 32.4 Å². The van der Waals surface area contributed by atoms with Gasteiger partial charge < -0.3 is 5.32 Å². The lowest BCUT2D eigenvalue weighted by Crippen LogP contribution is -2.45. The molecule has 1 fully saturated rings. The van der Waals surface area contributed by atoms with E-state index in [-0.39, 0.29) is 11.8 Å². The van der Waals surface area contributed by atoms with E-state index in [0.29, 0.717) is 31.1 Å². The minimum Gasteiger partial charge on any atom is -0.349 e. The summed E-state index contributed by atoms with van der Waals surface area (Å²) in [7, 11) is 1.59. The molecule has 1 saturated heterocycles. The van der Waals surface area contributed by atoms with Crippen LogP contribution in [-0.4, -0.2) is 60.2 Å². The fraction of sp³-hybridized carbons (Fsp3) is 0.786. The summed E-state index contributed by atoms with van der Waals surface area (Å²) in [5.41, 5.74) is 0.461. The van der Waals surface area contributed by atoms with Crippen molar-refractivity contribution in [2.45, 2.75) is 45.1 Å². The van der Waals surface area contributed by atoms with Crippen molar-refractivity contribution in [2.75, 3.05) is 26.7 Å². The van der Waals surface area contributed by atoms with E-state index in [1.54, 1.807) is 7.05 Å². The zero-order valence-electron chi connectivity index (χ0n) is 12.4. The number of amides is 2. The van der Waals surface area contributed by atoms with Crippen LogP contribution in [0.4, 0.5) is 0 Å². The van der Waals surface area contributed by atoms with Gasteiger partial charge in [0.2, 0.25) is 5.91 Å². The third kappa shape index (κ3) is 3.56. The van der Waals surface area contributed by atoms with Crippen molar-refractivity contribution in [3.63, 3.8) is 0 Å². The minimum atomic E-state index is -0.137. The van der Waals surface area contributed by atoms with Gasteiger partial charge in [-0.25, -0.2) is 5.01 Å². The summed E-state index contributed by atoms with van der Waals surface area (Å²) >= 11 is 0. The number of nitrogens with zero attached hydrogens (tertiary/aromatic N) is 3. The molecule has 2 heterocycles. The quantitative estimate of drug-likeness (QED) is 0.801. The standard InChI is InChI=1S/C14H24N4O2/c1-3-11(18-8-4-5-9-18)10-15-14(20)12-6-7-13(19)17(2)16-12/h11H,3-10H2,1-2H3,(H,15,20)/t11-/m0/s1. The predicted molar refractivity (Wildman–Crippen MR) is 77.3 cm³/mol. The first-order valence-corrected chi connectivity index (χ1v) is 7.48. The molecule has 0 unspecified atom stereocenters. The van der Waals surface area contributed by atoms with Crippen LogP contribution in [0.15, 0.2) is 5.10 Å². The van der Waals surface area contributed by atoms with Crippen LogP contribution in [-0.2, 0) is 9.59 Å². The van der Waals surface area contributed by atoms with Gasteiger partial charge in [-0.2, -0.15) is 5.10 Å². The molecule has 20 heavy (non-hydrogen) atoms. The number of hydrogen-bond acceptors (Lipinski definition) is 4. The minimum absolute atomic E-state index is 0.0370. The van der Waals surface area contributed by atoms with Gasteiger partial charge in [0.25, 0.3) is 5.91 Å². The van der Waals surface area contributed by atoms with Gasteiger partial charge in [-0.3, -0.25) is 14.5 Å². The monoisotopic (exact) mass is 280 g/mol. The molecule has 0 spiro atoms. The lowest BCUT2D eigenvalue weighted by atomic mass is 10.1. The molecule has 0 aromatic rings. The molecule has 0 aliphatic carbocycles. The van der Waals surface area contributed by atoms with Crippen LogP contribution in [0, 0.1) is 0 Å². The molecule has 2 rings (SSSR count). The van der Waals surface area contributed by atoms with Gasteiger partial charge in [-0.15, -0.1) is 0 Å². The van der Waals surface area contributed by atoms with Crippen molar-refractivity contribution >= 4 is 17.5 Å². The number of hydrazone groups is 1. The maximum atomic E-state index is 12.1.